The van der Waals surface area contributed by atoms with E-state index in [0.29, 0.717) is 16.9 Å². The van der Waals surface area contributed by atoms with Crippen molar-refractivity contribution >= 4 is 40.9 Å². The van der Waals surface area contributed by atoms with E-state index >= 15 is 0 Å². The summed E-state index contributed by atoms with van der Waals surface area (Å²) in [6.45, 7) is 5.37. The predicted molar refractivity (Wildman–Crippen MR) is 106 cm³/mol. The zero-order valence-corrected chi connectivity index (χ0v) is 15.6. The molecule has 142 valence electrons. The Balaban J connectivity index is 1.94. The number of hydrogen-bond donors (Lipinski definition) is 1. The molecule has 8 nitrogen and oxygen atoms in total. The van der Waals surface area contributed by atoms with Crippen molar-refractivity contribution in [1.82, 2.24) is 10.2 Å². The number of nitrogens with zero attached hydrogens (tertiary/aromatic N) is 2. The van der Waals surface area contributed by atoms with Crippen LogP contribution in [0.15, 0.2) is 53.0 Å². The second-order valence-electron chi connectivity index (χ2n) is 5.98. The van der Waals surface area contributed by atoms with Crippen LogP contribution in [0.25, 0.3) is 17.4 Å². The first kappa shape index (κ1) is 19.2. The highest BCUT2D eigenvalue weighted by Gasteiger charge is 2.32. The number of aryl methyl sites for hydroxylation is 1. The van der Waals surface area contributed by atoms with Crippen LogP contribution >= 0.6 is 12.2 Å². The molecule has 1 aromatic heterocycles. The number of carbonyl (C=O) groups excluding carboxylic acids is 2. The zero-order valence-electron chi connectivity index (χ0n) is 14.8. The summed E-state index contributed by atoms with van der Waals surface area (Å²) in [6.07, 6.45) is 2.80. The third-order valence-corrected chi connectivity index (χ3v) is 4.42. The molecule has 2 heterocycles. The van der Waals surface area contributed by atoms with Gasteiger partial charge in [0.25, 0.3) is 17.5 Å². The standard InChI is InChI=1S/C19H15N3O5S/c1-3-8-21-18(24)14(17(23)20-19(21)28)10-13-6-7-16(27-13)12-5-4-11(2)15(9-12)22(25)26/h3-7,9-10H,1,8H2,2H3,(H,20,23,28)/b14-10+. The van der Waals surface area contributed by atoms with Crippen molar-refractivity contribution in [2.45, 2.75) is 6.92 Å². The van der Waals surface area contributed by atoms with E-state index in [9.17, 15) is 19.7 Å². The van der Waals surface area contributed by atoms with E-state index in [1.807, 2.05) is 0 Å². The van der Waals surface area contributed by atoms with Gasteiger partial charge in [0.2, 0.25) is 0 Å². The van der Waals surface area contributed by atoms with Gasteiger partial charge in [-0.2, -0.15) is 0 Å². The van der Waals surface area contributed by atoms with Crippen LogP contribution in [0.4, 0.5) is 5.69 Å². The number of benzene rings is 1. The Kier molecular flexibility index (Phi) is 5.18. The van der Waals surface area contributed by atoms with E-state index in [2.05, 4.69) is 11.9 Å². The molecule has 3 rings (SSSR count). The molecule has 0 radical (unpaired) electrons. The van der Waals surface area contributed by atoms with Crippen LogP contribution < -0.4 is 5.32 Å². The molecule has 0 aliphatic carbocycles. The lowest BCUT2D eigenvalue weighted by Crippen LogP contribution is -2.53. The Bertz CT molecular complexity index is 1050. The van der Waals surface area contributed by atoms with Crippen molar-refractivity contribution in [1.29, 1.82) is 0 Å². The summed E-state index contributed by atoms with van der Waals surface area (Å²) >= 11 is 5.00. The second kappa shape index (κ2) is 7.57. The van der Waals surface area contributed by atoms with Gasteiger partial charge in [0, 0.05) is 23.7 Å². The van der Waals surface area contributed by atoms with Crippen molar-refractivity contribution in [3.8, 4) is 11.3 Å². The number of rotatable bonds is 5. The van der Waals surface area contributed by atoms with E-state index in [1.54, 1.807) is 31.2 Å². The van der Waals surface area contributed by atoms with Crippen LogP contribution in [0.1, 0.15) is 11.3 Å². The van der Waals surface area contributed by atoms with Crippen LogP contribution in [0.2, 0.25) is 0 Å². The van der Waals surface area contributed by atoms with Crippen molar-refractivity contribution in [2.75, 3.05) is 6.54 Å². The first-order valence-electron chi connectivity index (χ1n) is 8.17. The van der Waals surface area contributed by atoms with Crippen LogP contribution in [-0.2, 0) is 9.59 Å². The average molecular weight is 397 g/mol. The van der Waals surface area contributed by atoms with Crippen molar-refractivity contribution in [2.24, 2.45) is 0 Å². The lowest BCUT2D eigenvalue weighted by Gasteiger charge is -2.27. The molecule has 0 bridgehead atoms. The minimum absolute atomic E-state index is 0.0131. The first-order chi connectivity index (χ1) is 13.3. The van der Waals surface area contributed by atoms with Gasteiger partial charge >= 0.3 is 0 Å². The van der Waals surface area contributed by atoms with Crippen molar-refractivity contribution < 1.29 is 18.9 Å². The van der Waals surface area contributed by atoms with Gasteiger partial charge < -0.3 is 4.42 Å². The molecule has 0 unspecified atom stereocenters. The third kappa shape index (κ3) is 3.60. The number of hydrogen-bond acceptors (Lipinski definition) is 6. The number of amides is 2. The minimum Gasteiger partial charge on any atom is -0.457 e. The summed E-state index contributed by atoms with van der Waals surface area (Å²) in [5.74, 6) is -0.558. The van der Waals surface area contributed by atoms with Crippen molar-refractivity contribution in [3.63, 3.8) is 0 Å². The summed E-state index contributed by atoms with van der Waals surface area (Å²) in [4.78, 5) is 36.5. The Hall–Kier alpha value is -3.59. The molecule has 0 atom stereocenters. The monoisotopic (exact) mass is 397 g/mol. The second-order valence-corrected chi connectivity index (χ2v) is 6.37. The predicted octanol–water partition coefficient (Wildman–Crippen LogP) is 2.98. The Morgan fingerprint density at radius 2 is 2.07 bits per heavy atom. The highest BCUT2D eigenvalue weighted by molar-refractivity contribution is 7.80. The zero-order chi connectivity index (χ0) is 20.4. The number of nitrogens with one attached hydrogen (secondary N) is 1. The third-order valence-electron chi connectivity index (χ3n) is 4.10. The van der Waals surface area contributed by atoms with Gasteiger partial charge in [0.05, 0.1) is 4.92 Å². The normalized spacial score (nSPS) is 15.7. The molecule has 2 amide bonds. The van der Waals surface area contributed by atoms with Gasteiger partial charge in [0.1, 0.15) is 17.1 Å². The van der Waals surface area contributed by atoms with E-state index < -0.39 is 16.7 Å². The van der Waals surface area contributed by atoms with Crippen LogP contribution in [0.3, 0.4) is 0 Å². The smallest absolute Gasteiger partial charge is 0.273 e. The molecular formula is C19H15N3O5S. The summed E-state index contributed by atoms with van der Waals surface area (Å²) < 4.78 is 5.66. The Morgan fingerprint density at radius 3 is 2.75 bits per heavy atom. The minimum atomic E-state index is -0.626. The molecule has 1 aromatic carbocycles. The molecule has 0 saturated carbocycles. The highest BCUT2D eigenvalue weighted by Crippen LogP contribution is 2.29. The number of nitro benzene ring substituents is 1. The van der Waals surface area contributed by atoms with E-state index in [-0.39, 0.29) is 28.7 Å². The van der Waals surface area contributed by atoms with Gasteiger partial charge in [0.15, 0.2) is 5.11 Å². The SMILES string of the molecule is C=CCN1C(=O)/C(=C/c2ccc(-c3ccc(C)c([N+](=O)[O-])c3)o2)C(=O)NC1=S. The molecule has 1 aliphatic heterocycles. The maximum atomic E-state index is 12.5. The average Bonchev–Trinajstić information content (AvgIpc) is 3.11. The van der Waals surface area contributed by atoms with Gasteiger partial charge in [-0.25, -0.2) is 0 Å². The molecule has 1 saturated heterocycles. The molecule has 2 aromatic rings. The van der Waals surface area contributed by atoms with E-state index in [1.165, 1.54) is 23.1 Å². The van der Waals surface area contributed by atoms with Gasteiger partial charge in [-0.1, -0.05) is 18.2 Å². The Labute approximate surface area is 165 Å². The number of carbonyl (C=O) groups is 2. The molecule has 28 heavy (non-hydrogen) atoms. The highest BCUT2D eigenvalue weighted by atomic mass is 32.1. The van der Waals surface area contributed by atoms with E-state index in [4.69, 9.17) is 16.6 Å². The number of furan rings is 1. The quantitative estimate of drug-likeness (QED) is 0.208. The fourth-order valence-corrected chi connectivity index (χ4v) is 2.93. The largest absolute Gasteiger partial charge is 0.457 e. The molecule has 9 heteroatoms. The molecule has 0 spiro atoms. The first-order valence-corrected chi connectivity index (χ1v) is 8.57. The summed E-state index contributed by atoms with van der Waals surface area (Å²) in [6, 6.07) is 7.91. The maximum Gasteiger partial charge on any atom is 0.273 e. The molecule has 1 N–H and O–H groups in total. The molecular weight excluding hydrogens is 382 g/mol. The number of thiocarbonyl (C=S) groups is 1. The lowest BCUT2D eigenvalue weighted by atomic mass is 10.1. The number of nitro groups is 1. The maximum absolute atomic E-state index is 12.5. The summed E-state index contributed by atoms with van der Waals surface area (Å²) in [7, 11) is 0. The topological polar surface area (TPSA) is 106 Å². The van der Waals surface area contributed by atoms with Crippen LogP contribution in [0, 0.1) is 17.0 Å². The summed E-state index contributed by atoms with van der Waals surface area (Å²) in [5.41, 5.74) is 0.886. The summed E-state index contributed by atoms with van der Waals surface area (Å²) in [5, 5.41) is 13.6. The molecule has 1 fully saturated rings. The fraction of sp³-hybridized carbons (Fsp3) is 0.105. The van der Waals surface area contributed by atoms with Crippen LogP contribution in [0.5, 0.6) is 0 Å². The van der Waals surface area contributed by atoms with Crippen molar-refractivity contribution in [3.05, 3.63) is 70.0 Å². The van der Waals surface area contributed by atoms with Gasteiger partial charge in [-0.05, 0) is 37.4 Å². The van der Waals surface area contributed by atoms with Crippen LogP contribution in [-0.4, -0.2) is 33.3 Å². The molecule has 1 aliphatic rings. The van der Waals surface area contributed by atoms with E-state index in [0.717, 1.165) is 0 Å². The van der Waals surface area contributed by atoms with Gasteiger partial charge in [-0.3, -0.25) is 29.9 Å². The van der Waals surface area contributed by atoms with Gasteiger partial charge in [-0.15, -0.1) is 6.58 Å². The fourth-order valence-electron chi connectivity index (χ4n) is 2.68. The lowest BCUT2D eigenvalue weighted by molar-refractivity contribution is -0.385. The Morgan fingerprint density at radius 1 is 1.32 bits per heavy atom.